The van der Waals surface area contributed by atoms with Crippen molar-refractivity contribution in [2.45, 2.75) is 6.42 Å². The molecule has 4 N–H and O–H groups in total. The van der Waals surface area contributed by atoms with Crippen LogP contribution in [0.15, 0.2) is 66.7 Å². The molecule has 0 spiro atoms. The van der Waals surface area contributed by atoms with E-state index in [0.717, 1.165) is 24.3 Å². The van der Waals surface area contributed by atoms with E-state index in [4.69, 9.17) is 5.73 Å². The average Bonchev–Trinajstić information content (AvgIpc) is 2.73. The first-order chi connectivity index (χ1) is 13.6. The van der Waals surface area contributed by atoms with Crippen LogP contribution in [-0.2, 0) is 0 Å². The van der Waals surface area contributed by atoms with Crippen LogP contribution >= 0.6 is 0 Å². The molecule has 4 rings (SSSR count). The number of rotatable bonds is 6. The predicted molar refractivity (Wildman–Crippen MR) is 112 cm³/mol. The number of carbonyl (C=O) groups excluding carboxylic acids is 2. The molecule has 0 unspecified atom stereocenters. The molecule has 0 radical (unpaired) electrons. The zero-order chi connectivity index (χ0) is 19.5. The maximum atomic E-state index is 13.0. The maximum Gasteiger partial charge on any atom is 0.196 e. The molecule has 0 aromatic heterocycles. The summed E-state index contributed by atoms with van der Waals surface area (Å²) in [5.41, 5.74) is 10.0. The minimum absolute atomic E-state index is 0.0983. The zero-order valence-electron chi connectivity index (χ0n) is 15.4. The van der Waals surface area contributed by atoms with Gasteiger partial charge >= 0.3 is 0 Å². The Morgan fingerprint density at radius 2 is 1.32 bits per heavy atom. The fraction of sp³-hybridized carbons (Fsp3) is 0.130. The first-order valence-electron chi connectivity index (χ1n) is 9.30. The smallest absolute Gasteiger partial charge is 0.196 e. The van der Waals surface area contributed by atoms with Gasteiger partial charge in [0.1, 0.15) is 0 Å². The molecular weight excluding hydrogens is 350 g/mol. The SMILES string of the molecule is Nc1ccc(NCCCNc2cccc3c2C(=O)c2ccccc2C3=O)cc1. The number of nitrogen functional groups attached to an aromatic ring is 1. The van der Waals surface area contributed by atoms with Crippen LogP contribution in [0.5, 0.6) is 0 Å². The van der Waals surface area contributed by atoms with Gasteiger partial charge in [-0.1, -0.05) is 36.4 Å². The van der Waals surface area contributed by atoms with Crippen LogP contribution in [-0.4, -0.2) is 24.7 Å². The van der Waals surface area contributed by atoms with E-state index < -0.39 is 0 Å². The summed E-state index contributed by atoms with van der Waals surface area (Å²) in [5.74, 6) is -0.202. The van der Waals surface area contributed by atoms with Crippen LogP contribution in [0.3, 0.4) is 0 Å². The van der Waals surface area contributed by atoms with Crippen LogP contribution < -0.4 is 16.4 Å². The van der Waals surface area contributed by atoms with Gasteiger partial charge in [-0.05, 0) is 36.8 Å². The highest BCUT2D eigenvalue weighted by atomic mass is 16.1. The largest absolute Gasteiger partial charge is 0.399 e. The first-order valence-corrected chi connectivity index (χ1v) is 9.30. The van der Waals surface area contributed by atoms with E-state index in [1.165, 1.54) is 0 Å². The third kappa shape index (κ3) is 3.34. The molecule has 0 saturated carbocycles. The Bertz CT molecular complexity index is 1040. The Morgan fingerprint density at radius 1 is 0.679 bits per heavy atom. The second-order valence-corrected chi connectivity index (χ2v) is 6.76. The van der Waals surface area contributed by atoms with E-state index in [1.807, 2.05) is 36.4 Å². The normalized spacial score (nSPS) is 12.3. The summed E-state index contributed by atoms with van der Waals surface area (Å²) in [7, 11) is 0. The second-order valence-electron chi connectivity index (χ2n) is 6.76. The van der Waals surface area contributed by atoms with Crippen molar-refractivity contribution >= 4 is 28.6 Å². The molecular formula is C23H21N3O2. The lowest BCUT2D eigenvalue weighted by atomic mass is 9.83. The van der Waals surface area contributed by atoms with E-state index in [9.17, 15) is 9.59 Å². The Balaban J connectivity index is 1.43. The molecule has 0 atom stereocenters. The van der Waals surface area contributed by atoms with Gasteiger partial charge in [-0.15, -0.1) is 0 Å². The third-order valence-corrected chi connectivity index (χ3v) is 4.86. The fourth-order valence-electron chi connectivity index (χ4n) is 3.44. The highest BCUT2D eigenvalue weighted by Gasteiger charge is 2.31. The number of nitrogens with two attached hydrogens (primary N) is 1. The number of anilines is 3. The molecule has 0 amide bonds. The molecule has 140 valence electrons. The van der Waals surface area contributed by atoms with Crippen molar-refractivity contribution in [2.24, 2.45) is 0 Å². The van der Waals surface area contributed by atoms with Gasteiger partial charge < -0.3 is 16.4 Å². The number of carbonyl (C=O) groups is 2. The van der Waals surface area contributed by atoms with Gasteiger partial charge in [0.15, 0.2) is 11.6 Å². The lowest BCUT2D eigenvalue weighted by Gasteiger charge is -2.20. The summed E-state index contributed by atoms with van der Waals surface area (Å²) in [6.07, 6.45) is 0.854. The molecule has 28 heavy (non-hydrogen) atoms. The van der Waals surface area contributed by atoms with E-state index in [-0.39, 0.29) is 11.6 Å². The van der Waals surface area contributed by atoms with E-state index in [1.54, 1.807) is 30.3 Å². The van der Waals surface area contributed by atoms with Crippen LogP contribution in [0.4, 0.5) is 17.1 Å². The van der Waals surface area contributed by atoms with Gasteiger partial charge in [-0.2, -0.15) is 0 Å². The molecule has 0 saturated heterocycles. The lowest BCUT2D eigenvalue weighted by Crippen LogP contribution is -2.22. The standard InChI is InChI=1S/C23H21N3O2/c24-15-9-11-16(12-10-15)25-13-4-14-26-20-8-3-7-19-21(20)23(28)18-6-2-1-5-17(18)22(19)27/h1-3,5-12,25-26H,4,13-14,24H2. The number of fused-ring (bicyclic) bond motifs is 2. The number of nitrogens with one attached hydrogen (secondary N) is 2. The second kappa shape index (κ2) is 7.56. The van der Waals surface area contributed by atoms with Gasteiger partial charge in [0.05, 0.1) is 5.56 Å². The van der Waals surface area contributed by atoms with Gasteiger partial charge in [-0.25, -0.2) is 0 Å². The van der Waals surface area contributed by atoms with Crippen molar-refractivity contribution in [1.82, 2.24) is 0 Å². The van der Waals surface area contributed by atoms with Crippen molar-refractivity contribution in [3.8, 4) is 0 Å². The first kappa shape index (κ1) is 17.8. The maximum absolute atomic E-state index is 13.0. The van der Waals surface area contributed by atoms with E-state index in [2.05, 4.69) is 10.6 Å². The highest BCUT2D eigenvalue weighted by Crippen LogP contribution is 2.31. The van der Waals surface area contributed by atoms with Gasteiger partial charge in [0.25, 0.3) is 0 Å². The fourth-order valence-corrected chi connectivity index (χ4v) is 3.44. The Hall–Kier alpha value is -3.60. The van der Waals surface area contributed by atoms with Gasteiger partial charge in [-0.3, -0.25) is 9.59 Å². The topological polar surface area (TPSA) is 84.2 Å². The average molecular weight is 371 g/mol. The lowest BCUT2D eigenvalue weighted by molar-refractivity contribution is 0.0979. The highest BCUT2D eigenvalue weighted by molar-refractivity contribution is 6.30. The van der Waals surface area contributed by atoms with E-state index in [0.29, 0.717) is 34.5 Å². The number of hydrogen-bond acceptors (Lipinski definition) is 5. The van der Waals surface area contributed by atoms with Crippen LogP contribution in [0.25, 0.3) is 0 Å². The molecule has 1 aliphatic carbocycles. The molecule has 0 fully saturated rings. The number of hydrogen-bond donors (Lipinski definition) is 3. The monoisotopic (exact) mass is 371 g/mol. The van der Waals surface area contributed by atoms with E-state index >= 15 is 0 Å². The molecule has 3 aromatic carbocycles. The summed E-state index contributed by atoms with van der Waals surface area (Å²) < 4.78 is 0. The molecule has 3 aromatic rings. The predicted octanol–water partition coefficient (Wildman–Crippen LogP) is 3.96. The summed E-state index contributed by atoms with van der Waals surface area (Å²) in [6, 6.07) is 20.0. The molecule has 5 heteroatoms. The molecule has 0 bridgehead atoms. The Kier molecular flexibility index (Phi) is 4.81. The number of benzene rings is 3. The summed E-state index contributed by atoms with van der Waals surface area (Å²) >= 11 is 0. The van der Waals surface area contributed by atoms with Crippen molar-refractivity contribution in [3.63, 3.8) is 0 Å². The van der Waals surface area contributed by atoms with Crippen LogP contribution in [0.1, 0.15) is 38.3 Å². The summed E-state index contributed by atoms with van der Waals surface area (Å²) in [6.45, 7) is 1.46. The molecule has 5 nitrogen and oxygen atoms in total. The minimum atomic E-state index is -0.103. The Labute approximate surface area is 163 Å². The zero-order valence-corrected chi connectivity index (χ0v) is 15.4. The van der Waals surface area contributed by atoms with Gasteiger partial charge in [0.2, 0.25) is 0 Å². The minimum Gasteiger partial charge on any atom is -0.399 e. The summed E-state index contributed by atoms with van der Waals surface area (Å²) in [4.78, 5) is 25.7. The third-order valence-electron chi connectivity index (χ3n) is 4.86. The molecule has 0 heterocycles. The van der Waals surface area contributed by atoms with Crippen LogP contribution in [0.2, 0.25) is 0 Å². The molecule has 1 aliphatic rings. The van der Waals surface area contributed by atoms with Crippen molar-refractivity contribution in [3.05, 3.63) is 89.0 Å². The van der Waals surface area contributed by atoms with Crippen molar-refractivity contribution < 1.29 is 9.59 Å². The molecule has 0 aliphatic heterocycles. The Morgan fingerprint density at radius 3 is 2.07 bits per heavy atom. The number of ketones is 2. The van der Waals surface area contributed by atoms with Crippen molar-refractivity contribution in [1.29, 1.82) is 0 Å². The quantitative estimate of drug-likeness (QED) is 0.353. The van der Waals surface area contributed by atoms with Gasteiger partial charge in [0, 0.05) is 46.8 Å². The van der Waals surface area contributed by atoms with Crippen LogP contribution in [0, 0.1) is 0 Å². The summed E-state index contributed by atoms with van der Waals surface area (Å²) in [5, 5.41) is 6.65. The van der Waals surface area contributed by atoms with Crippen molar-refractivity contribution in [2.75, 3.05) is 29.5 Å².